The number of hydrogen-bond donors (Lipinski definition) is 3. The predicted molar refractivity (Wildman–Crippen MR) is 131 cm³/mol. The molecule has 2 aromatic rings. The monoisotopic (exact) mass is 495 g/mol. The van der Waals surface area contributed by atoms with E-state index in [0.717, 1.165) is 32.5 Å². The molecule has 2 aliphatic heterocycles. The van der Waals surface area contributed by atoms with Crippen molar-refractivity contribution in [2.45, 2.75) is 32.8 Å². The number of amides is 2. The normalized spacial score (nSPS) is 16.9. The van der Waals surface area contributed by atoms with Crippen LogP contribution in [0.5, 0.6) is 17.4 Å². The summed E-state index contributed by atoms with van der Waals surface area (Å²) < 4.78 is 17.4. The molecule has 4 N–H and O–H groups in total. The van der Waals surface area contributed by atoms with Gasteiger partial charge in [0.25, 0.3) is 11.7 Å². The summed E-state index contributed by atoms with van der Waals surface area (Å²) in [7, 11) is 0. The number of amidine groups is 1. The van der Waals surface area contributed by atoms with E-state index < -0.39 is 5.91 Å². The summed E-state index contributed by atoms with van der Waals surface area (Å²) >= 11 is 0. The summed E-state index contributed by atoms with van der Waals surface area (Å²) in [6.07, 6.45) is 6.25. The second-order valence-electron chi connectivity index (χ2n) is 8.49. The molecule has 1 atom stereocenters. The van der Waals surface area contributed by atoms with E-state index in [1.807, 2.05) is 6.92 Å². The average molecular weight is 496 g/mol. The zero-order chi connectivity index (χ0) is 25.5. The van der Waals surface area contributed by atoms with Crippen molar-refractivity contribution in [3.8, 4) is 17.4 Å². The second-order valence-corrected chi connectivity index (χ2v) is 8.49. The Hall–Kier alpha value is -3.99. The number of aromatic nitrogens is 2. The predicted octanol–water partition coefficient (Wildman–Crippen LogP) is 0.602. The van der Waals surface area contributed by atoms with E-state index >= 15 is 0 Å². The highest BCUT2D eigenvalue weighted by Crippen LogP contribution is 2.29. The number of nitrogens with two attached hydrogens (primary N) is 1. The number of carbonyl (C=O) groups excluding carboxylic acids is 2. The van der Waals surface area contributed by atoms with Gasteiger partial charge in [-0.25, -0.2) is 20.1 Å². The van der Waals surface area contributed by atoms with Crippen molar-refractivity contribution < 1.29 is 29.2 Å². The number of likely N-dealkylation sites (tertiary alicyclic amines) is 1. The van der Waals surface area contributed by atoms with Gasteiger partial charge in [-0.15, -0.1) is 0 Å². The van der Waals surface area contributed by atoms with Crippen LogP contribution in [0, 0.1) is 6.92 Å². The Balaban J connectivity index is 1.54. The van der Waals surface area contributed by atoms with Crippen molar-refractivity contribution in [1.82, 2.24) is 25.5 Å². The lowest BCUT2D eigenvalue weighted by atomic mass is 10.1. The van der Waals surface area contributed by atoms with E-state index in [1.54, 1.807) is 42.3 Å². The van der Waals surface area contributed by atoms with E-state index in [9.17, 15) is 9.59 Å². The molecule has 0 bridgehead atoms. The molecule has 36 heavy (non-hydrogen) atoms. The van der Waals surface area contributed by atoms with Gasteiger partial charge >= 0.3 is 5.91 Å². The van der Waals surface area contributed by atoms with Crippen molar-refractivity contribution in [3.63, 3.8) is 0 Å². The van der Waals surface area contributed by atoms with Crippen molar-refractivity contribution in [2.24, 2.45) is 0 Å². The van der Waals surface area contributed by atoms with Gasteiger partial charge in [0.05, 0.1) is 25.0 Å². The highest BCUT2D eigenvalue weighted by atomic mass is 16.5. The average Bonchev–Trinajstić information content (AvgIpc) is 3.32. The molecule has 0 aliphatic carbocycles. The van der Waals surface area contributed by atoms with Crippen LogP contribution in [0.25, 0.3) is 0 Å². The van der Waals surface area contributed by atoms with Crippen molar-refractivity contribution >= 4 is 17.6 Å². The molecule has 0 saturated carbocycles. The lowest BCUT2D eigenvalue weighted by Crippen LogP contribution is -2.49. The van der Waals surface area contributed by atoms with Crippen LogP contribution in [0.2, 0.25) is 0 Å². The number of ether oxygens (including phenoxy) is 3. The molecule has 0 spiro atoms. The van der Waals surface area contributed by atoms with E-state index in [2.05, 4.69) is 20.6 Å². The third-order valence-electron chi connectivity index (χ3n) is 5.65. The van der Waals surface area contributed by atoms with E-state index in [-0.39, 0.29) is 35.0 Å². The number of aryl methyl sites for hydroxylation is 1. The first-order valence-corrected chi connectivity index (χ1v) is 12.0. The third kappa shape index (κ3) is 6.36. The van der Waals surface area contributed by atoms with Gasteiger partial charge < -0.3 is 24.4 Å². The topological polar surface area (TPSA) is 140 Å². The highest BCUT2D eigenvalue weighted by Gasteiger charge is 2.24. The molecule has 2 amide bonds. The second kappa shape index (κ2) is 11.6. The molecule has 11 heteroatoms. The summed E-state index contributed by atoms with van der Waals surface area (Å²) in [5.74, 6) is 0.617. The van der Waals surface area contributed by atoms with Crippen LogP contribution in [-0.4, -0.2) is 71.5 Å². The number of carbonyl (C=O) groups is 2. The van der Waals surface area contributed by atoms with Gasteiger partial charge in [0.15, 0.2) is 0 Å². The zero-order valence-corrected chi connectivity index (χ0v) is 20.5. The van der Waals surface area contributed by atoms with E-state index in [1.165, 1.54) is 6.20 Å². The van der Waals surface area contributed by atoms with Gasteiger partial charge in [0.2, 0.25) is 5.88 Å². The van der Waals surface area contributed by atoms with E-state index in [4.69, 9.17) is 19.6 Å². The van der Waals surface area contributed by atoms with Crippen molar-refractivity contribution in [2.75, 3.05) is 32.8 Å². The molecule has 1 aromatic heterocycles. The molecule has 2 fully saturated rings. The maximum atomic E-state index is 12.9. The summed E-state index contributed by atoms with van der Waals surface area (Å²) in [4.78, 5) is 35.7. The molecule has 2 saturated heterocycles. The van der Waals surface area contributed by atoms with Crippen LogP contribution in [-0.2, 0) is 4.74 Å². The van der Waals surface area contributed by atoms with Gasteiger partial charge in [-0.05, 0) is 32.4 Å². The summed E-state index contributed by atoms with van der Waals surface area (Å²) in [6, 6.07) is 4.86. The molecular weight excluding hydrogens is 464 g/mol. The maximum absolute atomic E-state index is 12.9. The fraction of sp³-hybridized carbons (Fsp3) is 0.400. The minimum absolute atomic E-state index is 0.121. The van der Waals surface area contributed by atoms with Gasteiger partial charge in [-0.2, -0.15) is 0 Å². The Morgan fingerprint density at radius 3 is 2.75 bits per heavy atom. The fourth-order valence-corrected chi connectivity index (χ4v) is 3.61. The Kier molecular flexibility index (Phi) is 8.11. The molecule has 190 valence electrons. The van der Waals surface area contributed by atoms with Gasteiger partial charge in [0, 0.05) is 44.4 Å². The minimum atomic E-state index is -0.426. The Morgan fingerprint density at radius 1 is 1.28 bits per heavy atom. The molecule has 2 aliphatic rings. The van der Waals surface area contributed by atoms with Crippen LogP contribution in [0.3, 0.4) is 0 Å². The van der Waals surface area contributed by atoms with Crippen LogP contribution < -0.4 is 25.5 Å². The highest BCUT2D eigenvalue weighted by molar-refractivity contribution is 6.08. The SMILES string of the molecule is CCN/C=C\C(=[NH2+])NC(=O)c1cc(Oc2ncc(C(=O)N3CCC3)nc2C)cc(OC2CCOC2)c1. The Labute approximate surface area is 209 Å². The van der Waals surface area contributed by atoms with Crippen LogP contribution in [0.4, 0.5) is 0 Å². The standard InChI is InChI=1S/C25H30N6O5/c1-3-27-7-5-22(26)30-23(32)17-11-19(35-18-6-10-34-15-18)13-20(12-17)36-24-16(2)29-21(14-28-24)25(33)31-8-4-9-31/h5,7,11-14,18,27H,3-4,6,8-10,15H2,1-2H3,(H2,26,30,32)/p+1/b7-5-. The largest absolute Gasteiger partial charge is 0.488 e. The molecular formula is C25H31N6O5+. The first-order chi connectivity index (χ1) is 17.4. The van der Waals surface area contributed by atoms with E-state index in [0.29, 0.717) is 30.4 Å². The van der Waals surface area contributed by atoms with Crippen molar-refractivity contribution in [1.29, 1.82) is 0 Å². The molecule has 3 heterocycles. The Bertz CT molecular complexity index is 1160. The number of benzene rings is 1. The lowest BCUT2D eigenvalue weighted by Gasteiger charge is -2.30. The first-order valence-electron chi connectivity index (χ1n) is 12.0. The molecule has 1 aromatic carbocycles. The number of rotatable bonds is 9. The summed E-state index contributed by atoms with van der Waals surface area (Å²) in [5.41, 5.74) is 1.01. The first kappa shape index (κ1) is 25.1. The lowest BCUT2D eigenvalue weighted by molar-refractivity contribution is -0.115. The molecule has 11 nitrogen and oxygen atoms in total. The van der Waals surface area contributed by atoms with Crippen LogP contribution in [0.15, 0.2) is 36.7 Å². The van der Waals surface area contributed by atoms with Crippen molar-refractivity contribution in [3.05, 3.63) is 53.6 Å². The van der Waals surface area contributed by atoms with Crippen LogP contribution in [0.1, 0.15) is 46.3 Å². The number of nitrogens with one attached hydrogen (secondary N) is 2. The molecule has 0 radical (unpaired) electrons. The zero-order valence-electron chi connectivity index (χ0n) is 20.5. The Morgan fingerprint density at radius 2 is 2.08 bits per heavy atom. The summed E-state index contributed by atoms with van der Waals surface area (Å²) in [6.45, 7) is 6.95. The number of hydrogen-bond acceptors (Lipinski definition) is 8. The molecule has 4 rings (SSSR count). The number of nitrogens with zero attached hydrogens (tertiary/aromatic N) is 3. The minimum Gasteiger partial charge on any atom is -0.488 e. The quantitative estimate of drug-likeness (QED) is 0.339. The summed E-state index contributed by atoms with van der Waals surface area (Å²) in [5, 5.41) is 11.5. The third-order valence-corrected chi connectivity index (χ3v) is 5.65. The van der Waals surface area contributed by atoms with Gasteiger partial charge in [0.1, 0.15) is 29.0 Å². The van der Waals surface area contributed by atoms with Gasteiger partial charge in [-0.1, -0.05) is 0 Å². The smallest absolute Gasteiger partial charge is 0.339 e. The maximum Gasteiger partial charge on any atom is 0.339 e. The van der Waals surface area contributed by atoms with Crippen LogP contribution >= 0.6 is 0 Å². The fourth-order valence-electron chi connectivity index (χ4n) is 3.61. The molecule has 1 unspecified atom stereocenters. The van der Waals surface area contributed by atoms with Gasteiger partial charge in [-0.3, -0.25) is 10.2 Å².